The molecule has 0 aliphatic carbocycles. The highest BCUT2D eigenvalue weighted by molar-refractivity contribution is 6.03. The van der Waals surface area contributed by atoms with Gasteiger partial charge in [-0.3, -0.25) is 4.79 Å². The molecule has 1 amide bonds. The number of methoxy groups -OCH3 is 3. The molecule has 6 heteroatoms. The predicted molar refractivity (Wildman–Crippen MR) is 137 cm³/mol. The molecule has 4 rings (SSSR count). The van der Waals surface area contributed by atoms with E-state index in [1.54, 1.807) is 21.3 Å². The second-order valence-corrected chi connectivity index (χ2v) is 7.53. The van der Waals surface area contributed by atoms with Gasteiger partial charge in [-0.15, -0.1) is 0 Å². The van der Waals surface area contributed by atoms with Crippen LogP contribution in [0.4, 0.5) is 5.69 Å². The monoisotopic (exact) mass is 454 g/mol. The first kappa shape index (κ1) is 22.7. The summed E-state index contributed by atoms with van der Waals surface area (Å²) < 4.78 is 16.2. The van der Waals surface area contributed by atoms with Gasteiger partial charge in [-0.2, -0.15) is 0 Å². The fourth-order valence-electron chi connectivity index (χ4n) is 3.69. The number of benzene rings is 3. The van der Waals surface area contributed by atoms with Gasteiger partial charge in [0.1, 0.15) is 0 Å². The number of fused-ring (bicyclic) bond motifs is 1. The van der Waals surface area contributed by atoms with Crippen molar-refractivity contribution in [3.63, 3.8) is 0 Å². The lowest BCUT2D eigenvalue weighted by Crippen LogP contribution is -2.07. The molecule has 0 saturated heterocycles. The summed E-state index contributed by atoms with van der Waals surface area (Å²) >= 11 is 0. The number of rotatable bonds is 8. The summed E-state index contributed by atoms with van der Waals surface area (Å²) in [6.45, 7) is 0. The summed E-state index contributed by atoms with van der Waals surface area (Å²) in [5, 5.41) is 3.99. The molecule has 4 aromatic rings. The van der Waals surface area contributed by atoms with E-state index in [-0.39, 0.29) is 5.91 Å². The number of amides is 1. The quantitative estimate of drug-likeness (QED) is 0.252. The third-order valence-electron chi connectivity index (χ3n) is 5.34. The van der Waals surface area contributed by atoms with Gasteiger partial charge < -0.3 is 24.5 Å². The molecule has 0 unspecified atom stereocenters. The number of carbonyl (C=O) groups excluding carboxylic acids is 1. The van der Waals surface area contributed by atoms with Crippen molar-refractivity contribution in [1.82, 2.24) is 4.98 Å². The topological polar surface area (TPSA) is 72.6 Å². The molecule has 3 aromatic carbocycles. The third kappa shape index (κ3) is 5.13. The van der Waals surface area contributed by atoms with Crippen molar-refractivity contribution < 1.29 is 19.0 Å². The summed E-state index contributed by atoms with van der Waals surface area (Å²) in [7, 11) is 4.75. The minimum atomic E-state index is -0.198. The molecule has 6 nitrogen and oxygen atoms in total. The van der Waals surface area contributed by atoms with Crippen LogP contribution >= 0.6 is 0 Å². The Labute approximate surface area is 198 Å². The van der Waals surface area contributed by atoms with Crippen molar-refractivity contribution in [2.45, 2.75) is 0 Å². The van der Waals surface area contributed by atoms with Gasteiger partial charge >= 0.3 is 0 Å². The molecular formula is C28H26N2O4. The lowest BCUT2D eigenvalue weighted by Gasteiger charge is -2.12. The number of aromatic nitrogens is 1. The highest BCUT2D eigenvalue weighted by Gasteiger charge is 2.12. The van der Waals surface area contributed by atoms with Crippen LogP contribution in [0.2, 0.25) is 0 Å². The summed E-state index contributed by atoms with van der Waals surface area (Å²) in [4.78, 5) is 15.7. The van der Waals surface area contributed by atoms with Gasteiger partial charge in [0.25, 0.3) is 0 Å². The zero-order valence-corrected chi connectivity index (χ0v) is 19.3. The first-order chi connectivity index (χ1) is 16.6. The number of carbonyl (C=O) groups is 1. The molecule has 0 fully saturated rings. The molecule has 0 bridgehead atoms. The van der Waals surface area contributed by atoms with Gasteiger partial charge in [0.15, 0.2) is 11.5 Å². The van der Waals surface area contributed by atoms with E-state index in [1.165, 1.54) is 6.08 Å². The highest BCUT2D eigenvalue weighted by atomic mass is 16.5. The van der Waals surface area contributed by atoms with E-state index in [0.29, 0.717) is 22.9 Å². The van der Waals surface area contributed by atoms with Crippen LogP contribution in [-0.2, 0) is 4.79 Å². The van der Waals surface area contributed by atoms with Gasteiger partial charge in [0.2, 0.25) is 11.7 Å². The van der Waals surface area contributed by atoms with Crippen molar-refractivity contribution in [3.8, 4) is 17.2 Å². The molecular weight excluding hydrogens is 428 g/mol. The highest BCUT2D eigenvalue weighted by Crippen LogP contribution is 2.38. The lowest BCUT2D eigenvalue weighted by atomic mass is 10.1. The molecule has 0 atom stereocenters. The van der Waals surface area contributed by atoms with E-state index in [1.807, 2.05) is 85.1 Å². The average molecular weight is 455 g/mol. The van der Waals surface area contributed by atoms with Crippen molar-refractivity contribution >= 4 is 40.7 Å². The molecule has 0 aliphatic heterocycles. The second-order valence-electron chi connectivity index (χ2n) is 7.53. The fourth-order valence-corrected chi connectivity index (χ4v) is 3.69. The first-order valence-electron chi connectivity index (χ1n) is 10.7. The molecule has 0 radical (unpaired) electrons. The molecule has 1 heterocycles. The van der Waals surface area contributed by atoms with Crippen molar-refractivity contribution in [2.75, 3.05) is 26.6 Å². The van der Waals surface area contributed by atoms with Crippen LogP contribution in [0.3, 0.4) is 0 Å². The maximum absolute atomic E-state index is 12.5. The number of ether oxygens (including phenoxy) is 3. The average Bonchev–Trinajstić information content (AvgIpc) is 3.29. The Hall–Kier alpha value is -4.45. The van der Waals surface area contributed by atoms with E-state index in [2.05, 4.69) is 10.3 Å². The van der Waals surface area contributed by atoms with E-state index in [0.717, 1.165) is 27.6 Å². The normalized spacial score (nSPS) is 11.3. The van der Waals surface area contributed by atoms with Gasteiger partial charge in [0.05, 0.1) is 21.3 Å². The van der Waals surface area contributed by atoms with E-state index in [4.69, 9.17) is 14.2 Å². The maximum Gasteiger partial charge on any atom is 0.248 e. The van der Waals surface area contributed by atoms with Crippen LogP contribution in [0.5, 0.6) is 17.2 Å². The number of anilines is 1. The van der Waals surface area contributed by atoms with Crippen LogP contribution in [0.25, 0.3) is 29.1 Å². The zero-order chi connectivity index (χ0) is 23.9. The maximum atomic E-state index is 12.5. The van der Waals surface area contributed by atoms with Crippen molar-refractivity contribution in [2.24, 2.45) is 0 Å². The van der Waals surface area contributed by atoms with Crippen LogP contribution in [0.15, 0.2) is 72.9 Å². The molecule has 2 N–H and O–H groups in total. The van der Waals surface area contributed by atoms with Gasteiger partial charge in [-0.1, -0.05) is 42.5 Å². The van der Waals surface area contributed by atoms with Crippen LogP contribution < -0.4 is 19.5 Å². The molecule has 0 aliphatic rings. The Kier molecular flexibility index (Phi) is 6.98. The Bertz CT molecular complexity index is 1340. The second kappa shape index (κ2) is 10.4. The zero-order valence-electron chi connectivity index (χ0n) is 19.3. The number of H-pyrrole nitrogens is 1. The number of hydrogen-bond donors (Lipinski definition) is 2. The Morgan fingerprint density at radius 1 is 0.824 bits per heavy atom. The third-order valence-corrected chi connectivity index (χ3v) is 5.34. The Morgan fingerprint density at radius 2 is 1.56 bits per heavy atom. The van der Waals surface area contributed by atoms with E-state index in [9.17, 15) is 4.79 Å². The van der Waals surface area contributed by atoms with Crippen LogP contribution in [0.1, 0.15) is 16.7 Å². The van der Waals surface area contributed by atoms with Gasteiger partial charge in [-0.05, 0) is 53.1 Å². The van der Waals surface area contributed by atoms with E-state index >= 15 is 0 Å². The summed E-state index contributed by atoms with van der Waals surface area (Å²) in [6.07, 6.45) is 9.14. The number of aromatic amines is 1. The largest absolute Gasteiger partial charge is 0.493 e. The Balaban J connectivity index is 1.47. The predicted octanol–water partition coefficient (Wildman–Crippen LogP) is 6.02. The Morgan fingerprint density at radius 3 is 2.29 bits per heavy atom. The first-order valence-corrected chi connectivity index (χ1v) is 10.7. The van der Waals surface area contributed by atoms with Crippen molar-refractivity contribution in [3.05, 3.63) is 89.6 Å². The van der Waals surface area contributed by atoms with E-state index < -0.39 is 0 Å². The minimum absolute atomic E-state index is 0.198. The summed E-state index contributed by atoms with van der Waals surface area (Å²) in [5.74, 6) is 1.53. The molecule has 0 saturated carbocycles. The number of nitrogens with one attached hydrogen (secondary N) is 2. The van der Waals surface area contributed by atoms with Gasteiger partial charge in [0, 0.05) is 28.9 Å². The fraction of sp³-hybridized carbons (Fsp3) is 0.107. The standard InChI is InChI=1S/C28H26N2O4/c1-32-25-16-20(17-26(33-2)28(25)34-3)12-11-19-7-6-8-22(15-19)30-27(31)14-13-21-18-29-24-10-5-4-9-23(21)24/h4-18,29H,1-3H3,(H,30,31)/b12-11?,14-13+. The molecule has 172 valence electrons. The van der Waals surface area contributed by atoms with Crippen LogP contribution in [0, 0.1) is 0 Å². The van der Waals surface area contributed by atoms with Crippen molar-refractivity contribution in [1.29, 1.82) is 0 Å². The molecule has 0 spiro atoms. The summed E-state index contributed by atoms with van der Waals surface area (Å²) in [6, 6.07) is 19.3. The molecule has 34 heavy (non-hydrogen) atoms. The number of para-hydroxylation sites is 1. The lowest BCUT2D eigenvalue weighted by molar-refractivity contribution is -0.111. The SMILES string of the molecule is COc1cc(C=Cc2cccc(NC(=O)/C=C/c3c[nH]c4ccccc34)c2)cc(OC)c1OC. The number of hydrogen-bond acceptors (Lipinski definition) is 4. The summed E-state index contributed by atoms with van der Waals surface area (Å²) in [5.41, 5.74) is 4.54. The minimum Gasteiger partial charge on any atom is -0.493 e. The smallest absolute Gasteiger partial charge is 0.248 e. The van der Waals surface area contributed by atoms with Gasteiger partial charge in [-0.25, -0.2) is 0 Å². The van der Waals surface area contributed by atoms with Crippen LogP contribution in [-0.4, -0.2) is 32.2 Å². The molecule has 1 aromatic heterocycles.